The molecule has 1 aliphatic rings. The number of hydrogen-bond donors (Lipinski definition) is 1. The molecule has 0 bridgehead atoms. The maximum absolute atomic E-state index is 12.7. The smallest absolute Gasteiger partial charge is 0.274 e. The topological polar surface area (TPSA) is 60.9 Å². The van der Waals surface area contributed by atoms with Gasteiger partial charge in [-0.25, -0.2) is 4.68 Å². The molecule has 1 aliphatic carbocycles. The highest BCUT2D eigenvalue weighted by atomic mass is 16.1. The molecule has 0 radical (unpaired) electrons. The molecule has 1 aromatic heterocycles. The summed E-state index contributed by atoms with van der Waals surface area (Å²) in [4.78, 5) is 12.7. The fourth-order valence-corrected chi connectivity index (χ4v) is 3.58. The lowest BCUT2D eigenvalue weighted by atomic mass is 9.77. The van der Waals surface area contributed by atoms with Crippen LogP contribution in [0.15, 0.2) is 35.3 Å². The third-order valence-corrected chi connectivity index (χ3v) is 4.98. The summed E-state index contributed by atoms with van der Waals surface area (Å²) in [5.74, 6) is 1.04. The Labute approximate surface area is 125 Å². The van der Waals surface area contributed by atoms with Crippen molar-refractivity contribution < 1.29 is 0 Å². The normalized spacial score (nSPS) is 26.1. The molecule has 112 valence electrons. The zero-order valence-corrected chi connectivity index (χ0v) is 12.5. The summed E-state index contributed by atoms with van der Waals surface area (Å²) in [6, 6.07) is 7.80. The SMILES string of the molecule is CCC1CCC(CN)C(n2ncc3ccccc3c2=O)C1. The number of nitrogens with zero attached hydrogens (tertiary/aromatic N) is 2. The van der Waals surface area contributed by atoms with Crippen LogP contribution in [0.5, 0.6) is 0 Å². The number of aromatic nitrogens is 2. The van der Waals surface area contributed by atoms with Crippen LogP contribution in [0.2, 0.25) is 0 Å². The van der Waals surface area contributed by atoms with Crippen molar-refractivity contribution in [2.75, 3.05) is 6.54 Å². The zero-order valence-electron chi connectivity index (χ0n) is 12.5. The summed E-state index contributed by atoms with van der Waals surface area (Å²) in [7, 11) is 0. The van der Waals surface area contributed by atoms with Gasteiger partial charge in [-0.05, 0) is 43.7 Å². The Morgan fingerprint density at radius 2 is 2.14 bits per heavy atom. The van der Waals surface area contributed by atoms with Gasteiger partial charge in [-0.2, -0.15) is 5.10 Å². The van der Waals surface area contributed by atoms with Crippen LogP contribution in [-0.4, -0.2) is 16.3 Å². The van der Waals surface area contributed by atoms with Crippen molar-refractivity contribution in [1.82, 2.24) is 9.78 Å². The lowest BCUT2D eigenvalue weighted by molar-refractivity contribution is 0.169. The number of benzene rings is 1. The molecule has 2 N–H and O–H groups in total. The van der Waals surface area contributed by atoms with Crippen LogP contribution < -0.4 is 11.3 Å². The standard InChI is InChI=1S/C17H23N3O/c1-2-12-7-8-13(10-18)16(9-12)20-17(21)15-6-4-3-5-14(15)11-19-20/h3-6,11-13,16H,2,7-10,18H2,1H3. The second-order valence-electron chi connectivity index (χ2n) is 6.13. The van der Waals surface area contributed by atoms with E-state index in [1.165, 1.54) is 6.42 Å². The van der Waals surface area contributed by atoms with Gasteiger partial charge in [0.15, 0.2) is 0 Å². The van der Waals surface area contributed by atoms with Gasteiger partial charge in [-0.15, -0.1) is 0 Å². The second-order valence-corrected chi connectivity index (χ2v) is 6.13. The molecule has 0 spiro atoms. The Balaban J connectivity index is 2.05. The maximum atomic E-state index is 12.7. The van der Waals surface area contributed by atoms with E-state index in [0.717, 1.165) is 30.0 Å². The molecule has 4 heteroatoms. The summed E-state index contributed by atoms with van der Waals surface area (Å²) in [5, 5.41) is 6.11. The molecule has 1 heterocycles. The molecule has 1 aromatic carbocycles. The van der Waals surface area contributed by atoms with Gasteiger partial charge in [0.1, 0.15) is 0 Å². The number of rotatable bonds is 3. The van der Waals surface area contributed by atoms with Crippen molar-refractivity contribution in [3.8, 4) is 0 Å². The molecule has 0 saturated heterocycles. The third-order valence-electron chi connectivity index (χ3n) is 4.98. The van der Waals surface area contributed by atoms with Gasteiger partial charge in [0, 0.05) is 5.39 Å². The van der Waals surface area contributed by atoms with Gasteiger partial charge < -0.3 is 5.73 Å². The Hall–Kier alpha value is -1.68. The predicted octanol–water partition coefficient (Wildman–Crippen LogP) is 2.72. The first kappa shape index (κ1) is 14.3. The second kappa shape index (κ2) is 5.98. The predicted molar refractivity (Wildman–Crippen MR) is 85.2 cm³/mol. The first-order valence-corrected chi connectivity index (χ1v) is 7.91. The van der Waals surface area contributed by atoms with E-state index < -0.39 is 0 Å². The van der Waals surface area contributed by atoms with E-state index in [4.69, 9.17) is 5.73 Å². The average Bonchev–Trinajstić information content (AvgIpc) is 2.55. The molecule has 0 aliphatic heterocycles. The van der Waals surface area contributed by atoms with Gasteiger partial charge in [-0.3, -0.25) is 4.79 Å². The molecule has 3 unspecified atom stereocenters. The maximum Gasteiger partial charge on any atom is 0.274 e. The van der Waals surface area contributed by atoms with Crippen LogP contribution in [0.4, 0.5) is 0 Å². The Morgan fingerprint density at radius 1 is 1.33 bits per heavy atom. The minimum Gasteiger partial charge on any atom is -0.330 e. The third kappa shape index (κ3) is 2.60. The summed E-state index contributed by atoms with van der Waals surface area (Å²) in [6.07, 6.45) is 6.30. The van der Waals surface area contributed by atoms with E-state index >= 15 is 0 Å². The fourth-order valence-electron chi connectivity index (χ4n) is 3.58. The molecular weight excluding hydrogens is 262 g/mol. The molecule has 0 amide bonds. The van der Waals surface area contributed by atoms with E-state index in [9.17, 15) is 4.79 Å². The quantitative estimate of drug-likeness (QED) is 0.943. The largest absolute Gasteiger partial charge is 0.330 e. The first-order chi connectivity index (χ1) is 10.2. The van der Waals surface area contributed by atoms with Crippen LogP contribution in [0, 0.1) is 11.8 Å². The molecule has 2 aromatic rings. The van der Waals surface area contributed by atoms with Crippen molar-refractivity contribution in [1.29, 1.82) is 0 Å². The molecule has 4 nitrogen and oxygen atoms in total. The van der Waals surface area contributed by atoms with E-state index in [1.54, 1.807) is 10.9 Å². The summed E-state index contributed by atoms with van der Waals surface area (Å²) in [6.45, 7) is 2.85. The molecule has 21 heavy (non-hydrogen) atoms. The van der Waals surface area contributed by atoms with Crippen LogP contribution in [-0.2, 0) is 0 Å². The molecule has 1 saturated carbocycles. The molecule has 1 fully saturated rings. The van der Waals surface area contributed by atoms with Gasteiger partial charge in [0.05, 0.1) is 17.6 Å². The minimum atomic E-state index is 0.0216. The summed E-state index contributed by atoms with van der Waals surface area (Å²) >= 11 is 0. The molecular formula is C17H23N3O. The number of hydrogen-bond acceptors (Lipinski definition) is 3. The first-order valence-electron chi connectivity index (χ1n) is 7.91. The van der Waals surface area contributed by atoms with Crippen LogP contribution >= 0.6 is 0 Å². The molecule has 3 atom stereocenters. The highest BCUT2D eigenvalue weighted by Crippen LogP contribution is 2.37. The Morgan fingerprint density at radius 3 is 2.90 bits per heavy atom. The van der Waals surface area contributed by atoms with Gasteiger partial charge in [0.2, 0.25) is 0 Å². The zero-order chi connectivity index (χ0) is 14.8. The highest BCUT2D eigenvalue weighted by Gasteiger charge is 2.31. The van der Waals surface area contributed by atoms with Crippen molar-refractivity contribution in [3.05, 3.63) is 40.8 Å². The van der Waals surface area contributed by atoms with E-state index in [1.807, 2.05) is 24.3 Å². The molecule has 3 rings (SSSR count). The number of fused-ring (bicyclic) bond motifs is 1. The van der Waals surface area contributed by atoms with Crippen LogP contribution in [0.3, 0.4) is 0 Å². The van der Waals surface area contributed by atoms with Gasteiger partial charge >= 0.3 is 0 Å². The van der Waals surface area contributed by atoms with Gasteiger partial charge in [0.25, 0.3) is 5.56 Å². The van der Waals surface area contributed by atoms with Gasteiger partial charge in [-0.1, -0.05) is 31.5 Å². The lowest BCUT2D eigenvalue weighted by Crippen LogP contribution is -2.38. The Bertz CT molecular complexity index is 679. The van der Waals surface area contributed by atoms with E-state index in [0.29, 0.717) is 18.4 Å². The van der Waals surface area contributed by atoms with Crippen LogP contribution in [0.25, 0.3) is 10.8 Å². The van der Waals surface area contributed by atoms with Crippen molar-refractivity contribution in [2.24, 2.45) is 17.6 Å². The fraction of sp³-hybridized carbons (Fsp3) is 0.529. The summed E-state index contributed by atoms with van der Waals surface area (Å²) in [5.41, 5.74) is 5.96. The van der Waals surface area contributed by atoms with E-state index in [2.05, 4.69) is 12.0 Å². The number of nitrogens with two attached hydrogens (primary N) is 1. The Kier molecular flexibility index (Phi) is 4.06. The van der Waals surface area contributed by atoms with E-state index in [-0.39, 0.29) is 11.6 Å². The van der Waals surface area contributed by atoms with Crippen molar-refractivity contribution >= 4 is 10.8 Å². The van der Waals surface area contributed by atoms with Crippen LogP contribution in [0.1, 0.15) is 38.6 Å². The monoisotopic (exact) mass is 285 g/mol. The van der Waals surface area contributed by atoms with Crippen molar-refractivity contribution in [2.45, 2.75) is 38.6 Å². The minimum absolute atomic E-state index is 0.0216. The van der Waals surface area contributed by atoms with Crippen molar-refractivity contribution in [3.63, 3.8) is 0 Å². The highest BCUT2D eigenvalue weighted by molar-refractivity contribution is 5.80. The average molecular weight is 285 g/mol. The summed E-state index contributed by atoms with van der Waals surface area (Å²) < 4.78 is 1.70. The lowest BCUT2D eigenvalue weighted by Gasteiger charge is -2.35.